The fraction of sp³-hybridized carbons (Fsp3) is 0.300. The van der Waals surface area contributed by atoms with Gasteiger partial charge in [0.2, 0.25) is 0 Å². The lowest BCUT2D eigenvalue weighted by molar-refractivity contribution is -0.155. The van der Waals surface area contributed by atoms with E-state index in [9.17, 15) is 9.59 Å². The molecule has 0 aromatic heterocycles. The van der Waals surface area contributed by atoms with Crippen LogP contribution in [0.5, 0.6) is 11.5 Å². The second-order valence-corrected chi connectivity index (χ2v) is 5.61. The molecule has 0 spiro atoms. The third kappa shape index (κ3) is 5.51. The Kier molecular flexibility index (Phi) is 7.02. The Morgan fingerprint density at radius 1 is 1.08 bits per heavy atom. The Morgan fingerprint density at radius 3 is 2.42 bits per heavy atom. The van der Waals surface area contributed by atoms with Gasteiger partial charge in [0.15, 0.2) is 12.7 Å². The number of methoxy groups -OCH3 is 1. The molecule has 0 saturated carbocycles. The molecule has 2 rings (SSSR count). The van der Waals surface area contributed by atoms with Crippen LogP contribution in [-0.2, 0) is 20.7 Å². The van der Waals surface area contributed by atoms with Gasteiger partial charge in [0.1, 0.15) is 11.5 Å². The number of amides is 1. The average molecular weight is 357 g/mol. The molecule has 6 nitrogen and oxygen atoms in total. The first-order valence-electron chi connectivity index (χ1n) is 8.38. The van der Waals surface area contributed by atoms with Crippen molar-refractivity contribution < 1.29 is 23.8 Å². The number of benzene rings is 2. The zero-order valence-electron chi connectivity index (χ0n) is 15.2. The van der Waals surface area contributed by atoms with Gasteiger partial charge in [0.25, 0.3) is 5.91 Å². The molecule has 2 aromatic rings. The van der Waals surface area contributed by atoms with Crippen molar-refractivity contribution in [1.29, 1.82) is 0 Å². The maximum Gasteiger partial charge on any atom is 0.344 e. The van der Waals surface area contributed by atoms with Crippen LogP contribution in [0.3, 0.4) is 0 Å². The van der Waals surface area contributed by atoms with E-state index in [4.69, 9.17) is 14.2 Å². The first-order chi connectivity index (χ1) is 12.5. The van der Waals surface area contributed by atoms with Gasteiger partial charge in [0.05, 0.1) is 12.8 Å². The lowest BCUT2D eigenvalue weighted by Crippen LogP contribution is -2.31. The fourth-order valence-corrected chi connectivity index (χ4v) is 2.23. The van der Waals surface area contributed by atoms with Crippen molar-refractivity contribution in [3.05, 3.63) is 54.1 Å². The van der Waals surface area contributed by atoms with Gasteiger partial charge >= 0.3 is 5.97 Å². The number of esters is 1. The molecule has 6 heteroatoms. The summed E-state index contributed by atoms with van der Waals surface area (Å²) in [6.07, 6.45) is -0.0280. The maximum absolute atomic E-state index is 12.2. The van der Waals surface area contributed by atoms with Gasteiger partial charge in [-0.2, -0.15) is 0 Å². The SMILES string of the molecule is CCc1ccc(OCC(=O)O[C@@H](C)C(=O)Nc2ccccc2OC)cc1. The number of anilines is 1. The Morgan fingerprint density at radius 2 is 1.77 bits per heavy atom. The third-order valence-corrected chi connectivity index (χ3v) is 3.73. The summed E-state index contributed by atoms with van der Waals surface area (Å²) in [7, 11) is 1.51. The van der Waals surface area contributed by atoms with E-state index in [1.54, 1.807) is 36.4 Å². The zero-order chi connectivity index (χ0) is 18.9. The molecule has 0 saturated heterocycles. The van der Waals surface area contributed by atoms with Crippen molar-refractivity contribution >= 4 is 17.6 Å². The second-order valence-electron chi connectivity index (χ2n) is 5.61. The summed E-state index contributed by atoms with van der Waals surface area (Å²) in [5, 5.41) is 2.67. The van der Waals surface area contributed by atoms with E-state index in [1.807, 2.05) is 12.1 Å². The van der Waals surface area contributed by atoms with E-state index >= 15 is 0 Å². The Bertz CT molecular complexity index is 742. The van der Waals surface area contributed by atoms with Crippen molar-refractivity contribution in [2.45, 2.75) is 26.4 Å². The van der Waals surface area contributed by atoms with Gasteiger partial charge in [-0.05, 0) is 43.2 Å². The van der Waals surface area contributed by atoms with E-state index in [-0.39, 0.29) is 6.61 Å². The molecule has 1 amide bonds. The summed E-state index contributed by atoms with van der Waals surface area (Å²) in [4.78, 5) is 24.1. The normalized spacial score (nSPS) is 11.3. The van der Waals surface area contributed by atoms with E-state index in [2.05, 4.69) is 12.2 Å². The topological polar surface area (TPSA) is 73.9 Å². The minimum Gasteiger partial charge on any atom is -0.495 e. The number of rotatable bonds is 8. The number of hydrogen-bond acceptors (Lipinski definition) is 5. The summed E-state index contributed by atoms with van der Waals surface area (Å²) >= 11 is 0. The largest absolute Gasteiger partial charge is 0.495 e. The Balaban J connectivity index is 1.82. The average Bonchev–Trinajstić information content (AvgIpc) is 2.67. The molecule has 1 atom stereocenters. The van der Waals surface area contributed by atoms with Crippen LogP contribution in [0, 0.1) is 0 Å². The van der Waals surface area contributed by atoms with Crippen LogP contribution in [0.15, 0.2) is 48.5 Å². The minimum absolute atomic E-state index is 0.266. The summed E-state index contributed by atoms with van der Waals surface area (Å²) in [6, 6.07) is 14.5. The van der Waals surface area contributed by atoms with Crippen LogP contribution in [0.4, 0.5) is 5.69 Å². The van der Waals surface area contributed by atoms with Gasteiger partial charge in [-0.3, -0.25) is 4.79 Å². The van der Waals surface area contributed by atoms with Gasteiger partial charge < -0.3 is 19.5 Å². The summed E-state index contributed by atoms with van der Waals surface area (Å²) in [5.41, 5.74) is 1.69. The Labute approximate surface area is 153 Å². The predicted octanol–water partition coefficient (Wildman–Crippen LogP) is 3.21. The van der Waals surface area contributed by atoms with E-state index in [1.165, 1.54) is 19.6 Å². The van der Waals surface area contributed by atoms with Gasteiger partial charge in [-0.15, -0.1) is 0 Å². The maximum atomic E-state index is 12.2. The lowest BCUT2D eigenvalue weighted by atomic mass is 10.2. The number of nitrogens with one attached hydrogen (secondary N) is 1. The smallest absolute Gasteiger partial charge is 0.344 e. The molecule has 138 valence electrons. The predicted molar refractivity (Wildman–Crippen MR) is 98.5 cm³/mol. The molecule has 0 aliphatic rings. The van der Waals surface area contributed by atoms with E-state index in [0.29, 0.717) is 17.2 Å². The highest BCUT2D eigenvalue weighted by Crippen LogP contribution is 2.23. The number of ether oxygens (including phenoxy) is 3. The first-order valence-corrected chi connectivity index (χ1v) is 8.38. The van der Waals surface area contributed by atoms with E-state index < -0.39 is 18.0 Å². The van der Waals surface area contributed by atoms with Gasteiger partial charge in [-0.1, -0.05) is 31.2 Å². The molecule has 0 bridgehead atoms. The molecular formula is C20H23NO5. The van der Waals surface area contributed by atoms with Crippen molar-refractivity contribution in [2.24, 2.45) is 0 Å². The molecule has 0 radical (unpaired) electrons. The zero-order valence-corrected chi connectivity index (χ0v) is 15.2. The van der Waals surface area contributed by atoms with Crippen LogP contribution in [-0.4, -0.2) is 31.7 Å². The molecule has 0 heterocycles. The van der Waals surface area contributed by atoms with E-state index in [0.717, 1.165) is 6.42 Å². The van der Waals surface area contributed by atoms with Crippen LogP contribution >= 0.6 is 0 Å². The third-order valence-electron chi connectivity index (χ3n) is 3.73. The van der Waals surface area contributed by atoms with Crippen molar-refractivity contribution in [3.8, 4) is 11.5 Å². The highest BCUT2D eigenvalue weighted by Gasteiger charge is 2.19. The molecule has 0 fully saturated rings. The number of aryl methyl sites for hydroxylation is 1. The molecule has 0 aliphatic carbocycles. The highest BCUT2D eigenvalue weighted by molar-refractivity contribution is 5.96. The lowest BCUT2D eigenvalue weighted by Gasteiger charge is -2.15. The van der Waals surface area contributed by atoms with Crippen molar-refractivity contribution in [1.82, 2.24) is 0 Å². The van der Waals surface area contributed by atoms with Gasteiger partial charge in [0, 0.05) is 0 Å². The van der Waals surface area contributed by atoms with Crippen LogP contribution in [0.1, 0.15) is 19.4 Å². The first kappa shape index (κ1) is 19.3. The molecule has 0 aliphatic heterocycles. The van der Waals surface area contributed by atoms with Crippen LogP contribution < -0.4 is 14.8 Å². The highest BCUT2D eigenvalue weighted by atomic mass is 16.6. The summed E-state index contributed by atoms with van der Waals surface area (Å²) < 4.78 is 15.7. The number of hydrogen-bond donors (Lipinski definition) is 1. The van der Waals surface area contributed by atoms with Crippen LogP contribution in [0.2, 0.25) is 0 Å². The number of carbonyl (C=O) groups is 2. The van der Waals surface area contributed by atoms with Gasteiger partial charge in [-0.25, -0.2) is 4.79 Å². The van der Waals surface area contributed by atoms with Crippen LogP contribution in [0.25, 0.3) is 0 Å². The fourth-order valence-electron chi connectivity index (χ4n) is 2.23. The summed E-state index contributed by atoms with van der Waals surface area (Å²) in [6.45, 7) is 3.29. The molecule has 26 heavy (non-hydrogen) atoms. The molecule has 0 unspecified atom stereocenters. The number of carbonyl (C=O) groups excluding carboxylic acids is 2. The molecule has 1 N–H and O–H groups in total. The van der Waals surface area contributed by atoms with Crippen molar-refractivity contribution in [2.75, 3.05) is 19.0 Å². The molecular weight excluding hydrogens is 334 g/mol. The Hall–Kier alpha value is -3.02. The molecule has 2 aromatic carbocycles. The van der Waals surface area contributed by atoms with Crippen molar-refractivity contribution in [3.63, 3.8) is 0 Å². The standard InChI is InChI=1S/C20H23NO5/c1-4-15-9-11-16(12-10-15)25-13-19(22)26-14(2)20(23)21-17-7-5-6-8-18(17)24-3/h5-12,14H,4,13H2,1-3H3,(H,21,23)/t14-/m0/s1. The summed E-state index contributed by atoms with van der Waals surface area (Å²) in [5.74, 6) is 0.0332. The minimum atomic E-state index is -0.960. The second kappa shape index (κ2) is 9.46. The monoisotopic (exact) mass is 357 g/mol. The number of para-hydroxylation sites is 2. The quantitative estimate of drug-likeness (QED) is 0.735.